The smallest absolute Gasteiger partial charge is 0.107 e. The molecule has 0 amide bonds. The first-order valence-electron chi connectivity index (χ1n) is 7.82. The van der Waals surface area contributed by atoms with E-state index in [2.05, 4.69) is 4.90 Å². The number of aliphatic hydroxyl groups excluding tert-OH is 1. The van der Waals surface area contributed by atoms with Crippen LogP contribution in [0.15, 0.2) is 0 Å². The third-order valence-electron chi connectivity index (χ3n) is 4.56. The molecule has 0 radical (unpaired) electrons. The van der Waals surface area contributed by atoms with E-state index in [1.807, 2.05) is 0 Å². The fraction of sp³-hybridized carbons (Fsp3) is 1.00. The Balaban J connectivity index is 1.90. The van der Waals surface area contributed by atoms with Gasteiger partial charge in [-0.3, -0.25) is 4.90 Å². The minimum absolute atomic E-state index is 0.153. The molecular weight excluding hydrogens is 210 g/mol. The van der Waals surface area contributed by atoms with Crippen LogP contribution >= 0.6 is 0 Å². The van der Waals surface area contributed by atoms with E-state index in [1.54, 1.807) is 0 Å². The van der Waals surface area contributed by atoms with Crippen LogP contribution < -0.4 is 0 Å². The molecule has 0 aromatic rings. The summed E-state index contributed by atoms with van der Waals surface area (Å²) in [5.74, 6) is 0. The molecule has 1 saturated heterocycles. The minimum atomic E-state index is -0.153. The van der Waals surface area contributed by atoms with Gasteiger partial charge in [-0.25, -0.2) is 0 Å². The van der Waals surface area contributed by atoms with E-state index in [0.29, 0.717) is 6.04 Å². The van der Waals surface area contributed by atoms with E-state index in [0.717, 1.165) is 13.0 Å². The minimum Gasteiger partial charge on any atom is -0.378 e. The van der Waals surface area contributed by atoms with Crippen LogP contribution in [0.25, 0.3) is 0 Å². The van der Waals surface area contributed by atoms with Crippen molar-refractivity contribution in [1.82, 2.24) is 4.90 Å². The van der Waals surface area contributed by atoms with Crippen molar-refractivity contribution < 1.29 is 5.11 Å². The van der Waals surface area contributed by atoms with Gasteiger partial charge in [0.1, 0.15) is 6.23 Å². The number of likely N-dealkylation sites (tertiary alicyclic amines) is 1. The molecule has 2 fully saturated rings. The fourth-order valence-electron chi connectivity index (χ4n) is 3.48. The number of nitrogens with zero attached hydrogens (tertiary/aromatic N) is 1. The zero-order valence-electron chi connectivity index (χ0n) is 11.2. The van der Waals surface area contributed by atoms with Gasteiger partial charge in [0.15, 0.2) is 0 Å². The predicted molar refractivity (Wildman–Crippen MR) is 71.9 cm³/mol. The Labute approximate surface area is 106 Å². The van der Waals surface area contributed by atoms with Crippen molar-refractivity contribution in [3.8, 4) is 0 Å². The topological polar surface area (TPSA) is 23.5 Å². The lowest BCUT2D eigenvalue weighted by molar-refractivity contribution is -0.0430. The highest BCUT2D eigenvalue weighted by Gasteiger charge is 2.25. The van der Waals surface area contributed by atoms with Crippen LogP contribution in [0.4, 0.5) is 0 Å². The molecule has 17 heavy (non-hydrogen) atoms. The third-order valence-corrected chi connectivity index (χ3v) is 4.56. The monoisotopic (exact) mass is 239 g/mol. The Morgan fingerprint density at radius 3 is 1.88 bits per heavy atom. The second-order valence-corrected chi connectivity index (χ2v) is 5.92. The molecule has 1 aliphatic heterocycles. The van der Waals surface area contributed by atoms with Crippen molar-refractivity contribution >= 4 is 0 Å². The highest BCUT2D eigenvalue weighted by atomic mass is 16.3. The summed E-state index contributed by atoms with van der Waals surface area (Å²) in [5.41, 5.74) is 0. The molecule has 1 aliphatic carbocycles. The predicted octanol–water partition coefficient (Wildman–Crippen LogP) is 3.68. The van der Waals surface area contributed by atoms with Gasteiger partial charge >= 0.3 is 0 Å². The van der Waals surface area contributed by atoms with E-state index in [9.17, 15) is 5.11 Å². The normalized spacial score (nSPS) is 31.2. The molecule has 1 atom stereocenters. The zero-order valence-corrected chi connectivity index (χ0v) is 11.2. The summed E-state index contributed by atoms with van der Waals surface area (Å²) < 4.78 is 0. The highest BCUT2D eigenvalue weighted by Crippen LogP contribution is 2.25. The first-order valence-corrected chi connectivity index (χ1v) is 7.82. The van der Waals surface area contributed by atoms with Crippen LogP contribution in [-0.4, -0.2) is 28.8 Å². The molecule has 1 heterocycles. The van der Waals surface area contributed by atoms with Gasteiger partial charge < -0.3 is 5.11 Å². The van der Waals surface area contributed by atoms with E-state index >= 15 is 0 Å². The molecule has 1 unspecified atom stereocenters. The first kappa shape index (κ1) is 13.4. The number of hydrogen-bond acceptors (Lipinski definition) is 2. The largest absolute Gasteiger partial charge is 0.378 e. The molecule has 2 aliphatic rings. The molecule has 2 rings (SSSR count). The van der Waals surface area contributed by atoms with Gasteiger partial charge in [0.05, 0.1) is 0 Å². The molecule has 1 N–H and O–H groups in total. The first-order chi connectivity index (χ1) is 8.38. The maximum absolute atomic E-state index is 10.3. The molecule has 100 valence electrons. The van der Waals surface area contributed by atoms with Gasteiger partial charge in [-0.1, -0.05) is 44.9 Å². The van der Waals surface area contributed by atoms with Crippen LogP contribution in [0, 0.1) is 0 Å². The average Bonchev–Trinajstić information content (AvgIpc) is 2.26. The van der Waals surface area contributed by atoms with Crippen molar-refractivity contribution in [3.63, 3.8) is 0 Å². The Morgan fingerprint density at radius 2 is 1.18 bits per heavy atom. The summed E-state index contributed by atoms with van der Waals surface area (Å²) in [5, 5.41) is 10.3. The summed E-state index contributed by atoms with van der Waals surface area (Å²) in [7, 11) is 0. The Morgan fingerprint density at radius 1 is 0.647 bits per heavy atom. The van der Waals surface area contributed by atoms with Crippen LogP contribution in [0.5, 0.6) is 0 Å². The molecule has 0 bridgehead atoms. The lowest BCUT2D eigenvalue weighted by Crippen LogP contribution is -2.44. The summed E-state index contributed by atoms with van der Waals surface area (Å²) in [4.78, 5) is 2.44. The van der Waals surface area contributed by atoms with E-state index in [4.69, 9.17) is 0 Å². The van der Waals surface area contributed by atoms with Crippen LogP contribution in [0.2, 0.25) is 0 Å². The Hall–Kier alpha value is -0.0800. The maximum Gasteiger partial charge on any atom is 0.107 e. The molecule has 0 spiro atoms. The van der Waals surface area contributed by atoms with Crippen molar-refractivity contribution in [2.75, 3.05) is 6.54 Å². The zero-order chi connectivity index (χ0) is 11.9. The van der Waals surface area contributed by atoms with E-state index < -0.39 is 0 Å². The number of hydrogen-bond donors (Lipinski definition) is 1. The summed E-state index contributed by atoms with van der Waals surface area (Å²) in [6.45, 7) is 1.13. The molecular formula is C15H29NO. The second kappa shape index (κ2) is 7.38. The van der Waals surface area contributed by atoms with Crippen molar-refractivity contribution in [2.45, 2.75) is 89.3 Å². The standard InChI is InChI=1S/C15H29NO/c17-15-12-8-4-5-9-13-16(15)14-10-6-2-1-3-7-11-14/h14-15,17H,1-13H2. The highest BCUT2D eigenvalue weighted by molar-refractivity contribution is 4.77. The summed E-state index contributed by atoms with van der Waals surface area (Å²) in [6.07, 6.45) is 15.6. The van der Waals surface area contributed by atoms with Crippen molar-refractivity contribution in [2.24, 2.45) is 0 Å². The summed E-state index contributed by atoms with van der Waals surface area (Å²) >= 11 is 0. The molecule has 2 heteroatoms. The van der Waals surface area contributed by atoms with Gasteiger partial charge in [-0.15, -0.1) is 0 Å². The number of rotatable bonds is 1. The Kier molecular flexibility index (Phi) is 5.79. The maximum atomic E-state index is 10.3. The molecule has 0 aromatic heterocycles. The summed E-state index contributed by atoms with van der Waals surface area (Å²) in [6, 6.07) is 0.670. The van der Waals surface area contributed by atoms with Gasteiger partial charge in [-0.05, 0) is 32.1 Å². The van der Waals surface area contributed by atoms with Gasteiger partial charge in [-0.2, -0.15) is 0 Å². The van der Waals surface area contributed by atoms with Gasteiger partial charge in [0.2, 0.25) is 0 Å². The van der Waals surface area contributed by atoms with Crippen LogP contribution in [0.3, 0.4) is 0 Å². The Bertz CT molecular complexity index is 199. The molecule has 0 aromatic carbocycles. The average molecular weight is 239 g/mol. The van der Waals surface area contributed by atoms with Gasteiger partial charge in [0, 0.05) is 12.6 Å². The van der Waals surface area contributed by atoms with Crippen molar-refractivity contribution in [1.29, 1.82) is 0 Å². The molecule has 2 nitrogen and oxygen atoms in total. The van der Waals surface area contributed by atoms with E-state index in [1.165, 1.54) is 70.6 Å². The third kappa shape index (κ3) is 4.26. The fourth-order valence-corrected chi connectivity index (χ4v) is 3.48. The lowest BCUT2D eigenvalue weighted by Gasteiger charge is -2.37. The SMILES string of the molecule is OC1CCCCCCN1C1CCCCCCC1. The quantitative estimate of drug-likeness (QED) is 0.754. The van der Waals surface area contributed by atoms with Crippen LogP contribution in [0.1, 0.15) is 77.0 Å². The van der Waals surface area contributed by atoms with Crippen molar-refractivity contribution in [3.05, 3.63) is 0 Å². The second-order valence-electron chi connectivity index (χ2n) is 5.92. The van der Waals surface area contributed by atoms with Crippen LogP contribution in [-0.2, 0) is 0 Å². The number of aliphatic hydroxyl groups is 1. The van der Waals surface area contributed by atoms with E-state index in [-0.39, 0.29) is 6.23 Å². The van der Waals surface area contributed by atoms with Gasteiger partial charge in [0.25, 0.3) is 0 Å². The lowest BCUT2D eigenvalue weighted by atomic mass is 9.94. The molecule has 1 saturated carbocycles.